The molecule has 1 aromatic rings. The van der Waals surface area contributed by atoms with Gasteiger partial charge in [0.2, 0.25) is 6.41 Å². The number of ether oxygens (including phenoxy) is 1. The third-order valence-corrected chi connectivity index (χ3v) is 1.61. The van der Waals surface area contributed by atoms with Crippen molar-refractivity contribution in [1.29, 1.82) is 0 Å². The van der Waals surface area contributed by atoms with Crippen LogP contribution in [0.2, 0.25) is 0 Å². The summed E-state index contributed by atoms with van der Waals surface area (Å²) < 4.78 is 4.71. The molecule has 0 aliphatic carbocycles. The molecule has 80 valence electrons. The number of carbonyl (C=O) groups is 2. The van der Waals surface area contributed by atoms with Crippen LogP contribution in [0.1, 0.15) is 6.92 Å². The van der Waals surface area contributed by atoms with Crippen molar-refractivity contribution in [1.82, 2.24) is 0 Å². The monoisotopic (exact) mass is 208 g/mol. The zero-order chi connectivity index (χ0) is 11.1. The van der Waals surface area contributed by atoms with Gasteiger partial charge < -0.3 is 10.1 Å². The lowest BCUT2D eigenvalue weighted by Crippen LogP contribution is -2.13. The number of nitrogens with one attached hydrogen (secondary N) is 2. The standard InChI is InChI=1S/C10H12N2O3/c1-2-15-10(14)12-9-5-3-4-8(6-9)11-7-13/h3-7H,2H2,1H3,(H,11,13)(H,12,14). The van der Waals surface area contributed by atoms with Gasteiger partial charge in [0.15, 0.2) is 0 Å². The topological polar surface area (TPSA) is 67.4 Å². The van der Waals surface area contributed by atoms with Gasteiger partial charge in [0.1, 0.15) is 0 Å². The molecule has 0 bridgehead atoms. The van der Waals surface area contributed by atoms with Gasteiger partial charge in [-0.05, 0) is 25.1 Å². The van der Waals surface area contributed by atoms with Crippen LogP contribution in [0, 0.1) is 0 Å². The highest BCUT2D eigenvalue weighted by molar-refractivity contribution is 5.86. The van der Waals surface area contributed by atoms with Gasteiger partial charge in [0.25, 0.3) is 0 Å². The molecule has 1 aromatic carbocycles. The summed E-state index contributed by atoms with van der Waals surface area (Å²) in [6, 6.07) is 6.76. The Bertz CT molecular complexity index is 352. The van der Waals surface area contributed by atoms with E-state index < -0.39 is 6.09 Å². The molecule has 0 fully saturated rings. The average molecular weight is 208 g/mol. The number of amides is 2. The van der Waals surface area contributed by atoms with Crippen LogP contribution in [0.3, 0.4) is 0 Å². The summed E-state index contributed by atoms with van der Waals surface area (Å²) in [4.78, 5) is 21.2. The third kappa shape index (κ3) is 3.68. The normalized spacial score (nSPS) is 9.13. The maximum Gasteiger partial charge on any atom is 0.411 e. The number of anilines is 2. The van der Waals surface area contributed by atoms with E-state index in [-0.39, 0.29) is 0 Å². The smallest absolute Gasteiger partial charge is 0.411 e. The Labute approximate surface area is 87.4 Å². The van der Waals surface area contributed by atoms with Gasteiger partial charge in [-0.1, -0.05) is 6.07 Å². The van der Waals surface area contributed by atoms with Crippen LogP contribution in [0.25, 0.3) is 0 Å². The molecule has 0 aromatic heterocycles. The van der Waals surface area contributed by atoms with Gasteiger partial charge >= 0.3 is 6.09 Å². The van der Waals surface area contributed by atoms with E-state index in [0.29, 0.717) is 24.4 Å². The van der Waals surface area contributed by atoms with Gasteiger partial charge in [0.05, 0.1) is 6.61 Å². The summed E-state index contributed by atoms with van der Waals surface area (Å²) in [6.07, 6.45) is 0.0597. The molecule has 2 amide bonds. The van der Waals surface area contributed by atoms with E-state index in [1.54, 1.807) is 31.2 Å². The van der Waals surface area contributed by atoms with Crippen molar-refractivity contribution in [2.24, 2.45) is 0 Å². The van der Waals surface area contributed by atoms with Crippen molar-refractivity contribution >= 4 is 23.9 Å². The second-order valence-electron chi connectivity index (χ2n) is 2.69. The third-order valence-electron chi connectivity index (χ3n) is 1.61. The number of carbonyl (C=O) groups excluding carboxylic acids is 2. The van der Waals surface area contributed by atoms with Crippen LogP contribution < -0.4 is 10.6 Å². The summed E-state index contributed by atoms with van der Waals surface area (Å²) >= 11 is 0. The van der Waals surface area contributed by atoms with Gasteiger partial charge in [-0.2, -0.15) is 0 Å². The van der Waals surface area contributed by atoms with E-state index in [9.17, 15) is 9.59 Å². The fraction of sp³-hybridized carbons (Fsp3) is 0.200. The number of benzene rings is 1. The molecule has 1 rings (SSSR count). The lowest BCUT2D eigenvalue weighted by atomic mass is 10.3. The maximum absolute atomic E-state index is 11.1. The molecule has 0 atom stereocenters. The first-order valence-corrected chi connectivity index (χ1v) is 4.50. The summed E-state index contributed by atoms with van der Waals surface area (Å²) in [7, 11) is 0. The Morgan fingerprint density at radius 1 is 1.47 bits per heavy atom. The summed E-state index contributed by atoms with van der Waals surface area (Å²) in [6.45, 7) is 2.04. The highest BCUT2D eigenvalue weighted by Gasteiger charge is 2.01. The van der Waals surface area contributed by atoms with Crippen molar-refractivity contribution in [2.75, 3.05) is 17.2 Å². The Hall–Kier alpha value is -2.04. The van der Waals surface area contributed by atoms with E-state index in [2.05, 4.69) is 10.6 Å². The highest BCUT2D eigenvalue weighted by atomic mass is 16.5. The Morgan fingerprint density at radius 3 is 2.87 bits per heavy atom. The van der Waals surface area contributed by atoms with E-state index in [0.717, 1.165) is 0 Å². The minimum absolute atomic E-state index is 0.318. The van der Waals surface area contributed by atoms with Crippen LogP contribution in [-0.4, -0.2) is 19.1 Å². The van der Waals surface area contributed by atoms with Crippen LogP contribution >= 0.6 is 0 Å². The van der Waals surface area contributed by atoms with Crippen molar-refractivity contribution in [2.45, 2.75) is 6.92 Å². The van der Waals surface area contributed by atoms with Gasteiger partial charge in [0, 0.05) is 11.4 Å². The quantitative estimate of drug-likeness (QED) is 0.741. The van der Waals surface area contributed by atoms with Crippen molar-refractivity contribution in [3.8, 4) is 0 Å². The second kappa shape index (κ2) is 5.64. The molecule has 0 unspecified atom stereocenters. The van der Waals surface area contributed by atoms with Gasteiger partial charge in [-0.25, -0.2) is 4.79 Å². The molecule has 0 saturated carbocycles. The molecule has 2 N–H and O–H groups in total. The Balaban J connectivity index is 2.64. The minimum Gasteiger partial charge on any atom is -0.450 e. The number of hydrogen-bond acceptors (Lipinski definition) is 3. The molecule has 0 spiro atoms. The largest absolute Gasteiger partial charge is 0.450 e. The summed E-state index contributed by atoms with van der Waals surface area (Å²) in [5.74, 6) is 0. The maximum atomic E-state index is 11.1. The van der Waals surface area contributed by atoms with Crippen molar-refractivity contribution < 1.29 is 14.3 Å². The fourth-order valence-corrected chi connectivity index (χ4v) is 1.04. The van der Waals surface area contributed by atoms with Gasteiger partial charge in [-0.3, -0.25) is 10.1 Å². The predicted molar refractivity (Wildman–Crippen MR) is 56.8 cm³/mol. The molecule has 5 nitrogen and oxygen atoms in total. The molecule has 0 radical (unpaired) electrons. The van der Waals surface area contributed by atoms with Crippen LogP contribution in [0.15, 0.2) is 24.3 Å². The molecule has 5 heteroatoms. The zero-order valence-electron chi connectivity index (χ0n) is 8.32. The first kappa shape index (κ1) is 11.0. The number of rotatable bonds is 4. The molecule has 0 saturated heterocycles. The van der Waals surface area contributed by atoms with Crippen LogP contribution in [-0.2, 0) is 9.53 Å². The van der Waals surface area contributed by atoms with Crippen molar-refractivity contribution in [3.63, 3.8) is 0 Å². The Morgan fingerprint density at radius 2 is 2.20 bits per heavy atom. The molecular weight excluding hydrogens is 196 g/mol. The van der Waals surface area contributed by atoms with E-state index in [4.69, 9.17) is 4.74 Å². The van der Waals surface area contributed by atoms with Crippen LogP contribution in [0.5, 0.6) is 0 Å². The first-order valence-electron chi connectivity index (χ1n) is 4.50. The van der Waals surface area contributed by atoms with Crippen molar-refractivity contribution in [3.05, 3.63) is 24.3 Å². The zero-order valence-corrected chi connectivity index (χ0v) is 8.32. The summed E-state index contributed by atoms with van der Waals surface area (Å²) in [5.41, 5.74) is 1.18. The van der Waals surface area contributed by atoms with E-state index >= 15 is 0 Å². The summed E-state index contributed by atoms with van der Waals surface area (Å²) in [5, 5.41) is 5.01. The lowest BCUT2D eigenvalue weighted by molar-refractivity contribution is -0.105. The van der Waals surface area contributed by atoms with Gasteiger partial charge in [-0.15, -0.1) is 0 Å². The van der Waals surface area contributed by atoms with E-state index in [1.165, 1.54) is 0 Å². The molecule has 15 heavy (non-hydrogen) atoms. The molecular formula is C10H12N2O3. The molecule has 0 aliphatic heterocycles. The first-order chi connectivity index (χ1) is 7.26. The number of hydrogen-bond donors (Lipinski definition) is 2. The van der Waals surface area contributed by atoms with Crippen LogP contribution in [0.4, 0.5) is 16.2 Å². The minimum atomic E-state index is -0.513. The second-order valence-corrected chi connectivity index (χ2v) is 2.69. The highest BCUT2D eigenvalue weighted by Crippen LogP contribution is 2.14. The Kier molecular flexibility index (Phi) is 4.15. The SMILES string of the molecule is CCOC(=O)Nc1cccc(NC=O)c1. The lowest BCUT2D eigenvalue weighted by Gasteiger charge is -2.06. The molecule has 0 heterocycles. The average Bonchev–Trinajstić information content (AvgIpc) is 2.19. The predicted octanol–water partition coefficient (Wildman–Crippen LogP) is 1.82. The molecule has 0 aliphatic rings. The fourth-order valence-electron chi connectivity index (χ4n) is 1.04. The van der Waals surface area contributed by atoms with E-state index in [1.807, 2.05) is 0 Å².